The molecular weight excluding hydrogens is 549 g/mol. The molecule has 0 saturated heterocycles. The molecule has 2 heterocycles. The molecule has 0 radical (unpaired) electrons. The Morgan fingerprint density at radius 1 is 0.929 bits per heavy atom. The zero-order valence-corrected chi connectivity index (χ0v) is 22.7. The molecule has 1 N–H and O–H groups in total. The van der Waals surface area contributed by atoms with Crippen LogP contribution in [-0.4, -0.2) is 39.4 Å². The number of benzene rings is 3. The summed E-state index contributed by atoms with van der Waals surface area (Å²) in [7, 11) is 3.05. The van der Waals surface area contributed by atoms with Crippen molar-refractivity contribution in [1.29, 1.82) is 0 Å². The highest BCUT2D eigenvalue weighted by Gasteiger charge is 2.17. The first-order valence-electron chi connectivity index (χ1n) is 12.6. The molecule has 214 valence electrons. The van der Waals surface area contributed by atoms with Gasteiger partial charge in [-0.15, -0.1) is 0 Å². The molecule has 12 nitrogen and oxygen atoms in total. The molecule has 0 aliphatic carbocycles. The second-order valence-corrected chi connectivity index (χ2v) is 8.72. The summed E-state index contributed by atoms with van der Waals surface area (Å²) in [4.78, 5) is 46.9. The minimum Gasteiger partial charge on any atom is -0.493 e. The molecule has 0 saturated carbocycles. The summed E-state index contributed by atoms with van der Waals surface area (Å²) in [6.45, 7) is 1.88. The zero-order valence-electron chi connectivity index (χ0n) is 22.7. The average Bonchev–Trinajstić information content (AvgIpc) is 3.00. The summed E-state index contributed by atoms with van der Waals surface area (Å²) in [6, 6.07) is 14.5. The Balaban J connectivity index is 1.33. The predicted octanol–water partition coefficient (Wildman–Crippen LogP) is 4.52. The van der Waals surface area contributed by atoms with Gasteiger partial charge in [-0.25, -0.2) is 28.5 Å². The average molecular weight is 574 g/mol. The fraction of sp³-hybridized carbons (Fsp3) is 0.138. The van der Waals surface area contributed by atoms with Gasteiger partial charge in [-0.3, -0.25) is 14.7 Å². The third kappa shape index (κ3) is 5.61. The Hall–Kier alpha value is -5.72. The number of amides is 1. The quantitative estimate of drug-likeness (QED) is 0.284. The summed E-state index contributed by atoms with van der Waals surface area (Å²) >= 11 is 0. The number of nitrogens with zero attached hydrogens (tertiary/aromatic N) is 4. The van der Waals surface area contributed by atoms with E-state index < -0.39 is 23.2 Å². The van der Waals surface area contributed by atoms with Crippen molar-refractivity contribution in [2.24, 2.45) is 0 Å². The molecule has 0 spiro atoms. The first-order chi connectivity index (χ1) is 20.3. The third-order valence-electron chi connectivity index (χ3n) is 6.17. The minimum absolute atomic E-state index is 0.129. The van der Waals surface area contributed by atoms with Gasteiger partial charge >= 0.3 is 17.3 Å². The van der Waals surface area contributed by atoms with Crippen LogP contribution < -0.4 is 35.5 Å². The van der Waals surface area contributed by atoms with Crippen LogP contribution >= 0.6 is 0 Å². The van der Waals surface area contributed by atoms with Crippen molar-refractivity contribution in [3.63, 3.8) is 0 Å². The largest absolute Gasteiger partial charge is 0.493 e. The molecule has 13 heteroatoms. The topological polar surface area (TPSA) is 136 Å². The molecule has 0 bridgehead atoms. The lowest BCUT2D eigenvalue weighted by Gasteiger charge is -2.13. The van der Waals surface area contributed by atoms with Crippen LogP contribution in [0.1, 0.15) is 6.92 Å². The lowest BCUT2D eigenvalue weighted by molar-refractivity contribution is 0.214. The second kappa shape index (κ2) is 11.8. The van der Waals surface area contributed by atoms with Gasteiger partial charge in [-0.05, 0) is 61.5 Å². The van der Waals surface area contributed by atoms with E-state index >= 15 is 0 Å². The lowest BCUT2D eigenvalue weighted by Crippen LogP contribution is -2.39. The van der Waals surface area contributed by atoms with Gasteiger partial charge in [0, 0.05) is 18.3 Å². The van der Waals surface area contributed by atoms with Gasteiger partial charge in [0.25, 0.3) is 0 Å². The van der Waals surface area contributed by atoms with E-state index in [4.69, 9.17) is 18.9 Å². The highest BCUT2D eigenvalue weighted by Crippen LogP contribution is 2.35. The van der Waals surface area contributed by atoms with Crippen molar-refractivity contribution in [1.82, 2.24) is 19.1 Å². The number of fused-ring (bicyclic) bond motifs is 1. The highest BCUT2D eigenvalue weighted by atomic mass is 19.1. The first kappa shape index (κ1) is 27.8. The van der Waals surface area contributed by atoms with E-state index in [-0.39, 0.29) is 23.9 Å². The predicted molar refractivity (Wildman–Crippen MR) is 151 cm³/mol. The maximum Gasteiger partial charge on any atom is 0.417 e. The SMILES string of the molecule is CCn1cc(OC(=O)Nc2ccc(Oc3ncnc4cc(OC)c(OC)cc34)cc2)c(=O)n(-c2ccc(F)cc2)c1=O. The van der Waals surface area contributed by atoms with Crippen molar-refractivity contribution >= 4 is 22.7 Å². The Kier molecular flexibility index (Phi) is 7.82. The number of carbonyl (C=O) groups excluding carboxylic acids is 1. The van der Waals surface area contributed by atoms with E-state index in [1.165, 1.54) is 37.2 Å². The Morgan fingerprint density at radius 3 is 2.29 bits per heavy atom. The maximum absolute atomic E-state index is 13.4. The molecule has 5 aromatic rings. The van der Waals surface area contributed by atoms with Crippen LogP contribution in [0.25, 0.3) is 16.6 Å². The number of hydrogen-bond donors (Lipinski definition) is 1. The van der Waals surface area contributed by atoms with Gasteiger partial charge in [-0.1, -0.05) is 0 Å². The number of halogens is 1. The number of rotatable bonds is 8. The minimum atomic E-state index is -0.962. The highest BCUT2D eigenvalue weighted by molar-refractivity contribution is 5.87. The molecule has 2 aromatic heterocycles. The monoisotopic (exact) mass is 573 g/mol. The summed E-state index contributed by atoms with van der Waals surface area (Å²) in [5.41, 5.74) is -0.474. The Morgan fingerprint density at radius 2 is 1.62 bits per heavy atom. The van der Waals surface area contributed by atoms with Crippen LogP contribution in [-0.2, 0) is 6.54 Å². The standard InChI is InChI=1S/C29H24FN5O7/c1-4-34-15-25(27(36)35(29(34)38)19-9-5-17(30)6-10-19)42-28(37)33-18-7-11-20(12-8-18)41-26-21-13-23(39-2)24(40-3)14-22(21)31-16-32-26/h5-16H,4H2,1-3H3,(H,33,37). The van der Waals surface area contributed by atoms with Gasteiger partial charge in [0.1, 0.15) is 17.9 Å². The number of aromatic nitrogens is 4. The van der Waals surface area contributed by atoms with Gasteiger partial charge in [0.05, 0.1) is 37.0 Å². The molecule has 0 unspecified atom stereocenters. The smallest absolute Gasteiger partial charge is 0.417 e. The van der Waals surface area contributed by atoms with Crippen molar-refractivity contribution in [2.45, 2.75) is 13.5 Å². The summed E-state index contributed by atoms with van der Waals surface area (Å²) in [6.07, 6.45) is 1.55. The first-order valence-corrected chi connectivity index (χ1v) is 12.6. The molecule has 3 aromatic carbocycles. The third-order valence-corrected chi connectivity index (χ3v) is 6.17. The number of nitrogens with one attached hydrogen (secondary N) is 1. The molecule has 0 aliphatic rings. The Bertz CT molecular complexity index is 1890. The number of anilines is 1. The molecule has 1 amide bonds. The van der Waals surface area contributed by atoms with Crippen LogP contribution in [0.15, 0.2) is 82.8 Å². The number of carbonyl (C=O) groups is 1. The Labute approximate surface area is 237 Å². The van der Waals surface area contributed by atoms with Crippen molar-refractivity contribution in [2.75, 3.05) is 19.5 Å². The van der Waals surface area contributed by atoms with E-state index in [9.17, 15) is 18.8 Å². The van der Waals surface area contributed by atoms with Crippen LogP contribution in [0, 0.1) is 5.82 Å². The summed E-state index contributed by atoms with van der Waals surface area (Å²) in [5.74, 6) is 0.782. The van der Waals surface area contributed by atoms with Crippen LogP contribution in [0.2, 0.25) is 0 Å². The maximum atomic E-state index is 13.4. The van der Waals surface area contributed by atoms with Gasteiger partial charge < -0.3 is 18.9 Å². The van der Waals surface area contributed by atoms with Crippen molar-refractivity contribution in [3.05, 3.63) is 99.8 Å². The van der Waals surface area contributed by atoms with E-state index in [0.29, 0.717) is 33.8 Å². The molecule has 42 heavy (non-hydrogen) atoms. The molecular formula is C29H24FN5O7. The molecule has 5 rings (SSSR count). The van der Waals surface area contributed by atoms with E-state index in [2.05, 4.69) is 15.3 Å². The van der Waals surface area contributed by atoms with E-state index in [1.807, 2.05) is 0 Å². The fourth-order valence-corrected chi connectivity index (χ4v) is 4.09. The summed E-state index contributed by atoms with van der Waals surface area (Å²) < 4.78 is 37.3. The number of hydrogen-bond acceptors (Lipinski definition) is 9. The molecule has 0 aliphatic heterocycles. The normalized spacial score (nSPS) is 10.8. The summed E-state index contributed by atoms with van der Waals surface area (Å²) in [5, 5.41) is 3.12. The number of aryl methyl sites for hydroxylation is 1. The van der Waals surface area contributed by atoms with E-state index in [0.717, 1.165) is 22.9 Å². The van der Waals surface area contributed by atoms with Crippen LogP contribution in [0.5, 0.6) is 28.9 Å². The molecule has 0 fully saturated rings. The number of methoxy groups -OCH3 is 2. The fourth-order valence-electron chi connectivity index (χ4n) is 4.09. The molecule has 0 atom stereocenters. The van der Waals surface area contributed by atoms with Gasteiger partial charge in [0.2, 0.25) is 11.6 Å². The zero-order chi connectivity index (χ0) is 29.8. The van der Waals surface area contributed by atoms with E-state index in [1.54, 1.807) is 43.3 Å². The van der Waals surface area contributed by atoms with Crippen molar-refractivity contribution < 1.29 is 28.1 Å². The van der Waals surface area contributed by atoms with Crippen molar-refractivity contribution in [3.8, 4) is 34.6 Å². The van der Waals surface area contributed by atoms with Crippen LogP contribution in [0.3, 0.4) is 0 Å². The van der Waals surface area contributed by atoms with Gasteiger partial charge in [0.15, 0.2) is 11.5 Å². The number of ether oxygens (including phenoxy) is 4. The second-order valence-electron chi connectivity index (χ2n) is 8.72. The lowest BCUT2D eigenvalue weighted by atomic mass is 10.2. The van der Waals surface area contributed by atoms with Crippen LogP contribution in [0.4, 0.5) is 14.9 Å². The van der Waals surface area contributed by atoms with Gasteiger partial charge in [-0.2, -0.15) is 0 Å².